The number of ether oxygens (including phenoxy) is 2. The van der Waals surface area contributed by atoms with E-state index < -0.39 is 16.8 Å². The molecule has 40 heavy (non-hydrogen) atoms. The van der Waals surface area contributed by atoms with Crippen LogP contribution in [0, 0.1) is 0 Å². The number of aromatic amines is 1. The molecule has 6 rings (SSSR count). The monoisotopic (exact) mass is 574 g/mol. The van der Waals surface area contributed by atoms with E-state index in [9.17, 15) is 18.0 Å². The summed E-state index contributed by atoms with van der Waals surface area (Å²) in [6, 6.07) is 7.14. The molecule has 11 nitrogen and oxygen atoms in total. The van der Waals surface area contributed by atoms with Gasteiger partial charge in [-0.05, 0) is 22.8 Å². The van der Waals surface area contributed by atoms with Crippen molar-refractivity contribution in [3.63, 3.8) is 0 Å². The van der Waals surface area contributed by atoms with Crippen LogP contribution in [0.4, 0.5) is 30.4 Å². The van der Waals surface area contributed by atoms with E-state index in [2.05, 4.69) is 19.9 Å². The summed E-state index contributed by atoms with van der Waals surface area (Å²) in [5.41, 5.74) is 3.95. The highest BCUT2D eigenvalue weighted by molar-refractivity contribution is 7.16. The summed E-state index contributed by atoms with van der Waals surface area (Å²) in [5, 5.41) is 0. The second kappa shape index (κ2) is 10.2. The van der Waals surface area contributed by atoms with Crippen molar-refractivity contribution in [2.75, 3.05) is 51.5 Å². The van der Waals surface area contributed by atoms with Crippen molar-refractivity contribution >= 4 is 50.6 Å². The van der Waals surface area contributed by atoms with Gasteiger partial charge in [-0.2, -0.15) is 18.2 Å². The van der Waals surface area contributed by atoms with Crippen LogP contribution >= 0.6 is 11.3 Å². The molecule has 3 aromatic heterocycles. The molecule has 1 N–H and O–H groups in total. The second-order valence-electron chi connectivity index (χ2n) is 9.04. The van der Waals surface area contributed by atoms with Crippen molar-refractivity contribution in [1.82, 2.24) is 24.6 Å². The summed E-state index contributed by atoms with van der Waals surface area (Å²) in [5.74, 6) is -1.48. The zero-order chi connectivity index (χ0) is 27.9. The molecule has 0 radical (unpaired) electrons. The van der Waals surface area contributed by atoms with E-state index in [1.165, 1.54) is 36.9 Å². The van der Waals surface area contributed by atoms with Crippen molar-refractivity contribution in [3.05, 3.63) is 47.9 Å². The molecule has 2 aliphatic heterocycles. The quantitative estimate of drug-likeness (QED) is 0.330. The Labute approximate surface area is 229 Å². The first kappa shape index (κ1) is 26.3. The lowest BCUT2D eigenvalue weighted by molar-refractivity contribution is -0.223. The van der Waals surface area contributed by atoms with Crippen molar-refractivity contribution in [3.8, 4) is 11.4 Å². The minimum absolute atomic E-state index is 0.00982. The molecule has 1 fully saturated rings. The number of nitrogens with zero attached hydrogens (tertiary/aromatic N) is 6. The van der Waals surface area contributed by atoms with E-state index in [1.54, 1.807) is 5.51 Å². The lowest BCUT2D eigenvalue weighted by Crippen LogP contribution is -2.57. The number of thiazole rings is 1. The zero-order valence-corrected chi connectivity index (χ0v) is 22.0. The SMILES string of the molecule is COCC[N+]1(OC(=O)C(F)(F)F)C(c2c[nH]c(-c3ccc4scnc4c3)n2)=Nc2c1ccnc2N1CCOCC1. The Kier molecular flexibility index (Phi) is 6.74. The van der Waals surface area contributed by atoms with E-state index in [1.807, 2.05) is 23.1 Å². The number of halogens is 3. The smallest absolute Gasteiger partial charge is 0.379 e. The predicted octanol–water partition coefficient (Wildman–Crippen LogP) is 3.98. The number of aromatic nitrogens is 4. The van der Waals surface area contributed by atoms with Crippen molar-refractivity contribution in [2.24, 2.45) is 4.99 Å². The summed E-state index contributed by atoms with van der Waals surface area (Å²) in [4.78, 5) is 40.9. The average molecular weight is 575 g/mol. The van der Waals surface area contributed by atoms with Gasteiger partial charge in [-0.15, -0.1) is 11.3 Å². The van der Waals surface area contributed by atoms with Crippen LogP contribution < -0.4 is 9.55 Å². The van der Waals surface area contributed by atoms with Gasteiger partial charge in [0.25, 0.3) is 0 Å². The lowest BCUT2D eigenvalue weighted by atomic mass is 10.2. The summed E-state index contributed by atoms with van der Waals surface area (Å²) < 4.78 is 51.4. The fourth-order valence-electron chi connectivity index (χ4n) is 4.75. The van der Waals surface area contributed by atoms with Gasteiger partial charge in [-0.1, -0.05) is 0 Å². The number of benzene rings is 1. The first-order chi connectivity index (χ1) is 19.3. The van der Waals surface area contributed by atoms with Gasteiger partial charge >= 0.3 is 18.0 Å². The van der Waals surface area contributed by atoms with Gasteiger partial charge < -0.3 is 19.4 Å². The number of alkyl halides is 3. The summed E-state index contributed by atoms with van der Waals surface area (Å²) >= 11 is 1.50. The topological polar surface area (TPSA) is 115 Å². The van der Waals surface area contributed by atoms with Crippen LogP contribution in [0.1, 0.15) is 5.69 Å². The van der Waals surface area contributed by atoms with Gasteiger partial charge in [0.1, 0.15) is 12.4 Å². The highest BCUT2D eigenvalue weighted by Gasteiger charge is 2.56. The molecular weight excluding hydrogens is 551 g/mol. The molecule has 0 spiro atoms. The van der Waals surface area contributed by atoms with Crippen LogP contribution in [0.3, 0.4) is 0 Å². The first-order valence-corrected chi connectivity index (χ1v) is 13.2. The number of aliphatic imine (C=N–C) groups is 1. The second-order valence-corrected chi connectivity index (χ2v) is 9.93. The van der Waals surface area contributed by atoms with Gasteiger partial charge in [0.15, 0.2) is 23.7 Å². The van der Waals surface area contributed by atoms with E-state index in [-0.39, 0.29) is 30.4 Å². The number of amidine groups is 1. The Morgan fingerprint density at radius 1 is 1.23 bits per heavy atom. The van der Waals surface area contributed by atoms with Crippen LogP contribution in [-0.4, -0.2) is 84.5 Å². The number of fused-ring (bicyclic) bond motifs is 2. The predicted molar refractivity (Wildman–Crippen MR) is 141 cm³/mol. The van der Waals surface area contributed by atoms with E-state index in [0.717, 1.165) is 15.8 Å². The molecule has 2 aliphatic rings. The van der Waals surface area contributed by atoms with Gasteiger partial charge in [-0.3, -0.25) is 4.84 Å². The number of hydrogen-bond acceptors (Lipinski definition) is 10. The first-order valence-electron chi connectivity index (χ1n) is 12.3. The number of imidazole rings is 1. The number of quaternary nitrogens is 1. The summed E-state index contributed by atoms with van der Waals surface area (Å²) in [6.07, 6.45) is -2.26. The molecular formula is C25H23F3N7O4S+. The number of hydroxylamine groups is 2. The maximum atomic E-state index is 13.6. The van der Waals surface area contributed by atoms with E-state index in [0.29, 0.717) is 43.6 Å². The maximum absolute atomic E-state index is 13.6. The average Bonchev–Trinajstić information content (AvgIpc) is 3.69. The molecule has 4 aromatic rings. The number of anilines is 1. The van der Waals surface area contributed by atoms with E-state index in [4.69, 9.17) is 19.3 Å². The Bertz CT molecular complexity index is 1600. The number of pyridine rings is 1. The molecule has 208 valence electrons. The number of carbonyl (C=O) groups excluding carboxylic acids is 1. The molecule has 0 amide bonds. The lowest BCUT2D eigenvalue weighted by Gasteiger charge is -2.31. The van der Waals surface area contributed by atoms with Crippen molar-refractivity contribution < 1.29 is 32.3 Å². The number of morpholine rings is 1. The number of carbonyl (C=O) groups is 1. The molecule has 1 atom stereocenters. The van der Waals surface area contributed by atoms with Crippen LogP contribution in [-0.2, 0) is 19.1 Å². The minimum Gasteiger partial charge on any atom is -0.379 e. The Morgan fingerprint density at radius 2 is 2.05 bits per heavy atom. The molecule has 1 aromatic carbocycles. The van der Waals surface area contributed by atoms with Crippen molar-refractivity contribution in [1.29, 1.82) is 0 Å². The van der Waals surface area contributed by atoms with Crippen LogP contribution in [0.2, 0.25) is 0 Å². The molecule has 0 aliphatic carbocycles. The molecule has 0 saturated carbocycles. The highest BCUT2D eigenvalue weighted by atomic mass is 32.1. The van der Waals surface area contributed by atoms with Gasteiger partial charge in [-0.25, -0.2) is 19.7 Å². The highest BCUT2D eigenvalue weighted by Crippen LogP contribution is 2.47. The number of methoxy groups -OCH3 is 1. The summed E-state index contributed by atoms with van der Waals surface area (Å²) in [6.45, 7) is 1.71. The fourth-order valence-corrected chi connectivity index (χ4v) is 5.41. The normalized spacial score (nSPS) is 19.1. The number of nitrogens with one attached hydrogen (secondary N) is 1. The van der Waals surface area contributed by atoms with Crippen LogP contribution in [0.25, 0.3) is 21.6 Å². The molecule has 1 unspecified atom stereocenters. The Hall–Kier alpha value is -3.92. The largest absolute Gasteiger partial charge is 0.497 e. The molecule has 15 heteroatoms. The molecule has 5 heterocycles. The fraction of sp³-hybridized carbons (Fsp3) is 0.320. The minimum atomic E-state index is -5.24. The number of H-pyrrole nitrogens is 1. The number of hydrogen-bond donors (Lipinski definition) is 1. The third-order valence-corrected chi connectivity index (χ3v) is 7.44. The zero-order valence-electron chi connectivity index (χ0n) is 21.1. The number of rotatable bonds is 7. The van der Waals surface area contributed by atoms with Gasteiger partial charge in [0.05, 0.1) is 28.9 Å². The molecule has 0 bridgehead atoms. The maximum Gasteiger partial charge on any atom is 0.497 e. The summed E-state index contributed by atoms with van der Waals surface area (Å²) in [7, 11) is 1.41. The van der Waals surface area contributed by atoms with E-state index >= 15 is 0 Å². The third-order valence-electron chi connectivity index (χ3n) is 6.63. The third kappa shape index (κ3) is 4.60. The van der Waals surface area contributed by atoms with Crippen molar-refractivity contribution in [2.45, 2.75) is 6.18 Å². The van der Waals surface area contributed by atoms with Crippen LogP contribution in [0.5, 0.6) is 0 Å². The van der Waals surface area contributed by atoms with Gasteiger partial charge in [0.2, 0.25) is 5.69 Å². The Morgan fingerprint density at radius 3 is 2.83 bits per heavy atom. The standard InChI is InChI=1S/C25H23F3N7O4S/c1-37-11-8-35(39-24(36)25(26,27)28)18-4-5-29-22(34-6-9-38-10-7-34)20(18)33-23(35)17-13-30-21(32-17)15-2-3-19-16(12-15)31-14-40-19/h2-5,12-14H,6-11H2,1H3,(H,30,32)/q+1. The van der Waals surface area contributed by atoms with Gasteiger partial charge in [0, 0.05) is 44.2 Å². The molecule has 1 saturated heterocycles. The van der Waals surface area contributed by atoms with Crippen LogP contribution in [0.15, 0.2) is 47.2 Å². The Balaban J connectivity index is 1.49.